The molecular formula is C20H21N5O. The molecule has 0 radical (unpaired) electrons. The van der Waals surface area contributed by atoms with Gasteiger partial charge in [0.15, 0.2) is 0 Å². The number of anilines is 1. The third-order valence-electron chi connectivity index (χ3n) is 4.66. The van der Waals surface area contributed by atoms with Gasteiger partial charge in [0.1, 0.15) is 0 Å². The van der Waals surface area contributed by atoms with E-state index in [1.165, 1.54) is 11.3 Å². The van der Waals surface area contributed by atoms with E-state index in [9.17, 15) is 4.79 Å². The number of amides is 2. The van der Waals surface area contributed by atoms with Crippen molar-refractivity contribution in [2.75, 3.05) is 5.32 Å². The number of fused-ring (bicyclic) bond motifs is 1. The highest BCUT2D eigenvalue weighted by Crippen LogP contribution is 2.30. The standard InChI is InChI=1S/C20H21N5O/c26-20(23-16-8-5-11-21-12-16)24-18-9-4-10-19-17(18)13-22-25(19)14-15-6-2-1-3-7-15/h1-3,5-8,11-13,18H,4,9-10,14H2,(H2,23,24,26). The lowest BCUT2D eigenvalue weighted by atomic mass is 9.93. The number of carbonyl (C=O) groups is 1. The van der Waals surface area contributed by atoms with Crippen LogP contribution in [0.3, 0.4) is 0 Å². The number of nitrogens with zero attached hydrogens (tertiary/aromatic N) is 3. The minimum Gasteiger partial charge on any atom is -0.331 e. The predicted octanol–water partition coefficient (Wildman–Crippen LogP) is 3.53. The number of carbonyl (C=O) groups excluding carboxylic acids is 1. The normalized spacial score (nSPS) is 15.9. The molecule has 6 nitrogen and oxygen atoms in total. The summed E-state index contributed by atoms with van der Waals surface area (Å²) in [5.74, 6) is 0. The Balaban J connectivity index is 1.47. The van der Waals surface area contributed by atoms with Crippen molar-refractivity contribution in [1.82, 2.24) is 20.1 Å². The molecule has 1 unspecified atom stereocenters. The number of hydrogen-bond acceptors (Lipinski definition) is 3. The Morgan fingerprint density at radius 1 is 1.15 bits per heavy atom. The fourth-order valence-electron chi connectivity index (χ4n) is 3.42. The van der Waals surface area contributed by atoms with Crippen molar-refractivity contribution in [3.8, 4) is 0 Å². The summed E-state index contributed by atoms with van der Waals surface area (Å²) >= 11 is 0. The molecule has 3 aromatic rings. The van der Waals surface area contributed by atoms with Crippen molar-refractivity contribution >= 4 is 11.7 Å². The van der Waals surface area contributed by atoms with Crippen LogP contribution in [0.1, 0.15) is 35.7 Å². The zero-order valence-electron chi connectivity index (χ0n) is 14.4. The van der Waals surface area contributed by atoms with Gasteiger partial charge in [0.2, 0.25) is 0 Å². The van der Waals surface area contributed by atoms with Crippen molar-refractivity contribution in [1.29, 1.82) is 0 Å². The van der Waals surface area contributed by atoms with E-state index in [1.807, 2.05) is 30.5 Å². The van der Waals surface area contributed by atoms with Gasteiger partial charge in [-0.1, -0.05) is 30.3 Å². The molecule has 4 rings (SSSR count). The van der Waals surface area contributed by atoms with Crippen LogP contribution in [0, 0.1) is 0 Å². The second kappa shape index (κ2) is 7.39. The van der Waals surface area contributed by atoms with Crippen molar-refractivity contribution in [3.05, 3.63) is 77.9 Å². The van der Waals surface area contributed by atoms with Crippen LogP contribution in [0.4, 0.5) is 10.5 Å². The molecule has 6 heteroatoms. The summed E-state index contributed by atoms with van der Waals surface area (Å²) in [5, 5.41) is 10.5. The van der Waals surface area contributed by atoms with Crippen LogP contribution in [-0.4, -0.2) is 20.8 Å². The Morgan fingerprint density at radius 2 is 2.04 bits per heavy atom. The molecule has 1 aliphatic carbocycles. The summed E-state index contributed by atoms with van der Waals surface area (Å²) in [6.45, 7) is 0.755. The Kier molecular flexibility index (Phi) is 4.64. The van der Waals surface area contributed by atoms with Gasteiger partial charge >= 0.3 is 6.03 Å². The van der Waals surface area contributed by atoms with Crippen LogP contribution in [0.25, 0.3) is 0 Å². The maximum absolute atomic E-state index is 12.3. The van der Waals surface area contributed by atoms with Gasteiger partial charge in [0, 0.05) is 17.5 Å². The van der Waals surface area contributed by atoms with Gasteiger partial charge in [0.05, 0.1) is 30.7 Å². The molecule has 0 saturated carbocycles. The number of pyridine rings is 1. The lowest BCUT2D eigenvalue weighted by molar-refractivity contribution is 0.247. The third kappa shape index (κ3) is 3.59. The fourth-order valence-corrected chi connectivity index (χ4v) is 3.42. The van der Waals surface area contributed by atoms with Crippen molar-refractivity contribution < 1.29 is 4.79 Å². The van der Waals surface area contributed by atoms with E-state index in [-0.39, 0.29) is 12.1 Å². The zero-order chi connectivity index (χ0) is 17.8. The largest absolute Gasteiger partial charge is 0.331 e. The fraction of sp³-hybridized carbons (Fsp3) is 0.250. The van der Waals surface area contributed by atoms with E-state index < -0.39 is 0 Å². The average molecular weight is 347 g/mol. The second-order valence-electron chi connectivity index (χ2n) is 6.47. The first-order valence-electron chi connectivity index (χ1n) is 8.85. The molecule has 2 heterocycles. The topological polar surface area (TPSA) is 71.8 Å². The smallest absolute Gasteiger partial charge is 0.319 e. The average Bonchev–Trinajstić information content (AvgIpc) is 3.07. The summed E-state index contributed by atoms with van der Waals surface area (Å²) in [7, 11) is 0. The van der Waals surface area contributed by atoms with Crippen LogP contribution in [-0.2, 0) is 13.0 Å². The molecule has 1 aromatic carbocycles. The third-order valence-corrected chi connectivity index (χ3v) is 4.66. The minimum atomic E-state index is -0.216. The van der Waals surface area contributed by atoms with Gasteiger partial charge in [-0.2, -0.15) is 5.10 Å². The SMILES string of the molecule is O=C(Nc1cccnc1)NC1CCCc2c1cnn2Cc1ccccc1. The van der Waals surface area contributed by atoms with Gasteiger partial charge < -0.3 is 10.6 Å². The maximum Gasteiger partial charge on any atom is 0.319 e. The first-order valence-corrected chi connectivity index (χ1v) is 8.85. The monoisotopic (exact) mass is 347 g/mol. The molecule has 26 heavy (non-hydrogen) atoms. The van der Waals surface area contributed by atoms with Crippen molar-refractivity contribution in [2.24, 2.45) is 0 Å². The van der Waals surface area contributed by atoms with E-state index in [2.05, 4.69) is 37.5 Å². The van der Waals surface area contributed by atoms with Crippen LogP contribution in [0.15, 0.2) is 61.1 Å². The summed E-state index contributed by atoms with van der Waals surface area (Å²) in [6.07, 6.45) is 8.15. The van der Waals surface area contributed by atoms with E-state index in [0.717, 1.165) is 31.4 Å². The molecule has 0 spiro atoms. The summed E-state index contributed by atoms with van der Waals surface area (Å²) in [5.41, 5.74) is 4.24. The number of benzene rings is 1. The van der Waals surface area contributed by atoms with E-state index in [0.29, 0.717) is 5.69 Å². The molecule has 132 valence electrons. The molecule has 1 aliphatic rings. The van der Waals surface area contributed by atoms with Crippen molar-refractivity contribution in [3.63, 3.8) is 0 Å². The molecule has 2 aromatic heterocycles. The zero-order valence-corrected chi connectivity index (χ0v) is 14.4. The van der Waals surface area contributed by atoms with Gasteiger partial charge in [-0.05, 0) is 37.0 Å². The molecular weight excluding hydrogens is 326 g/mol. The summed E-state index contributed by atoms with van der Waals surface area (Å²) < 4.78 is 2.05. The lowest BCUT2D eigenvalue weighted by Gasteiger charge is -2.24. The van der Waals surface area contributed by atoms with Crippen molar-refractivity contribution in [2.45, 2.75) is 31.8 Å². The second-order valence-corrected chi connectivity index (χ2v) is 6.47. The Bertz CT molecular complexity index is 876. The van der Waals surface area contributed by atoms with Gasteiger partial charge in [-0.3, -0.25) is 9.67 Å². The number of aromatic nitrogens is 3. The first kappa shape index (κ1) is 16.3. The van der Waals surface area contributed by atoms with Crippen LogP contribution >= 0.6 is 0 Å². The number of hydrogen-bond donors (Lipinski definition) is 2. The lowest BCUT2D eigenvalue weighted by Crippen LogP contribution is -2.34. The van der Waals surface area contributed by atoms with E-state index in [4.69, 9.17) is 0 Å². The highest BCUT2D eigenvalue weighted by molar-refractivity contribution is 5.89. The maximum atomic E-state index is 12.3. The molecule has 2 amide bonds. The summed E-state index contributed by atoms with van der Waals surface area (Å²) in [6, 6.07) is 13.7. The molecule has 0 saturated heterocycles. The van der Waals surface area contributed by atoms with E-state index in [1.54, 1.807) is 18.5 Å². The molecule has 2 N–H and O–H groups in total. The molecule has 1 atom stereocenters. The van der Waals surface area contributed by atoms with Crippen LogP contribution in [0.5, 0.6) is 0 Å². The predicted molar refractivity (Wildman–Crippen MR) is 99.8 cm³/mol. The summed E-state index contributed by atoms with van der Waals surface area (Å²) in [4.78, 5) is 16.3. The van der Waals surface area contributed by atoms with Crippen LogP contribution < -0.4 is 10.6 Å². The first-order chi connectivity index (χ1) is 12.8. The van der Waals surface area contributed by atoms with E-state index >= 15 is 0 Å². The molecule has 0 aliphatic heterocycles. The van der Waals surface area contributed by atoms with Gasteiger partial charge in [-0.15, -0.1) is 0 Å². The van der Waals surface area contributed by atoms with Crippen LogP contribution in [0.2, 0.25) is 0 Å². The number of nitrogens with one attached hydrogen (secondary N) is 2. The Labute approximate surface area is 152 Å². The molecule has 0 bridgehead atoms. The Hall–Kier alpha value is -3.15. The van der Waals surface area contributed by atoms with Gasteiger partial charge in [0.25, 0.3) is 0 Å². The molecule has 0 fully saturated rings. The number of rotatable bonds is 4. The van der Waals surface area contributed by atoms with Gasteiger partial charge in [-0.25, -0.2) is 4.79 Å². The highest BCUT2D eigenvalue weighted by Gasteiger charge is 2.25. The quantitative estimate of drug-likeness (QED) is 0.758. The number of urea groups is 1. The highest BCUT2D eigenvalue weighted by atomic mass is 16.2. The Morgan fingerprint density at radius 3 is 2.85 bits per heavy atom. The minimum absolute atomic E-state index is 0.0139.